The first-order valence-corrected chi connectivity index (χ1v) is 7.63. The van der Waals surface area contributed by atoms with E-state index < -0.39 is 12.5 Å². The lowest BCUT2D eigenvalue weighted by atomic mass is 10.2. The van der Waals surface area contributed by atoms with Crippen LogP contribution in [0.4, 0.5) is 17.3 Å². The number of rotatable bonds is 7. The Hall–Kier alpha value is -2.98. The van der Waals surface area contributed by atoms with Crippen LogP contribution in [-0.2, 0) is 4.74 Å². The number of nitrogens with one attached hydrogen (secondary N) is 1. The smallest absolute Gasteiger partial charge is 0.199 e. The summed E-state index contributed by atoms with van der Waals surface area (Å²) in [6, 6.07) is 12.9. The number of aromatic nitrogens is 1. The molecule has 0 amide bonds. The van der Waals surface area contributed by atoms with Crippen molar-refractivity contribution in [2.24, 2.45) is 0 Å². The van der Waals surface area contributed by atoms with Crippen molar-refractivity contribution in [1.29, 1.82) is 5.26 Å². The van der Waals surface area contributed by atoms with Gasteiger partial charge in [0.15, 0.2) is 6.29 Å². The summed E-state index contributed by atoms with van der Waals surface area (Å²) in [4.78, 5) is 4.13. The minimum atomic E-state index is -0.492. The first kappa shape index (κ1) is 17.4. The molecule has 0 aliphatic rings. The van der Waals surface area contributed by atoms with E-state index >= 15 is 0 Å². The van der Waals surface area contributed by atoms with E-state index in [-0.39, 0.29) is 17.1 Å². The second-order valence-electron chi connectivity index (χ2n) is 5.15. The molecule has 2 atom stereocenters. The minimum absolute atomic E-state index is 0.234. The van der Waals surface area contributed by atoms with Crippen molar-refractivity contribution in [3.05, 3.63) is 42.0 Å². The van der Waals surface area contributed by atoms with E-state index in [1.807, 2.05) is 43.3 Å². The fraction of sp³-hybridized carbons (Fsp3) is 0.294. The molecule has 0 aliphatic heterocycles. The van der Waals surface area contributed by atoms with Gasteiger partial charge in [0.25, 0.3) is 0 Å². The van der Waals surface area contributed by atoms with Gasteiger partial charge >= 0.3 is 0 Å². The van der Waals surface area contributed by atoms with Crippen LogP contribution in [0.15, 0.2) is 36.4 Å². The molecule has 2 unspecified atom stereocenters. The maximum Gasteiger partial charge on any atom is 0.199 e. The van der Waals surface area contributed by atoms with Gasteiger partial charge in [-0.15, -0.1) is 0 Å². The number of nitrogen functional groups attached to an aromatic ring is 2. The second kappa shape index (κ2) is 8.04. The molecular weight excluding hydrogens is 306 g/mol. The molecule has 7 nitrogen and oxygen atoms in total. The van der Waals surface area contributed by atoms with Gasteiger partial charge in [0, 0.05) is 6.07 Å². The Morgan fingerprint density at radius 3 is 2.62 bits per heavy atom. The number of hydrogen-bond acceptors (Lipinski definition) is 7. The Morgan fingerprint density at radius 1 is 1.29 bits per heavy atom. The number of hydrogen-bond donors (Lipinski definition) is 3. The number of anilines is 3. The van der Waals surface area contributed by atoms with Gasteiger partial charge in [0.05, 0.1) is 5.69 Å². The molecule has 126 valence electrons. The number of nitriles is 1. The molecule has 2 aromatic rings. The number of ether oxygens (including phenoxy) is 2. The van der Waals surface area contributed by atoms with E-state index in [1.165, 1.54) is 6.07 Å². The van der Waals surface area contributed by atoms with E-state index in [2.05, 4.69) is 10.3 Å². The fourth-order valence-corrected chi connectivity index (χ4v) is 2.14. The zero-order valence-electron chi connectivity index (χ0n) is 13.7. The predicted octanol–water partition coefficient (Wildman–Crippen LogP) is 2.71. The Morgan fingerprint density at radius 2 is 2.00 bits per heavy atom. The highest BCUT2D eigenvalue weighted by atomic mass is 16.7. The van der Waals surface area contributed by atoms with Crippen LogP contribution in [0.1, 0.15) is 25.8 Å². The van der Waals surface area contributed by atoms with Crippen molar-refractivity contribution in [3.63, 3.8) is 0 Å². The van der Waals surface area contributed by atoms with Gasteiger partial charge in [-0.1, -0.05) is 25.1 Å². The molecule has 5 N–H and O–H groups in total. The molecular formula is C17H21N5O2. The third-order valence-corrected chi connectivity index (χ3v) is 3.25. The summed E-state index contributed by atoms with van der Waals surface area (Å²) < 4.78 is 11.5. The molecule has 0 radical (unpaired) electrons. The Kier molecular flexibility index (Phi) is 5.82. The Bertz CT molecular complexity index is 715. The zero-order chi connectivity index (χ0) is 17.5. The molecule has 0 fully saturated rings. The van der Waals surface area contributed by atoms with Gasteiger partial charge in [0.2, 0.25) is 0 Å². The van der Waals surface area contributed by atoms with Crippen LogP contribution in [0.3, 0.4) is 0 Å². The molecule has 0 aliphatic carbocycles. The SMILES string of the molecule is CCC(Nc1nc(N)cc(N)c1C#N)OC(C)Oc1ccccc1. The first-order chi connectivity index (χ1) is 11.5. The molecule has 2 rings (SSSR count). The summed E-state index contributed by atoms with van der Waals surface area (Å²) in [5.74, 6) is 1.25. The summed E-state index contributed by atoms with van der Waals surface area (Å²) in [5, 5.41) is 12.3. The van der Waals surface area contributed by atoms with Gasteiger partial charge in [-0.3, -0.25) is 0 Å². The van der Waals surface area contributed by atoms with E-state index in [1.54, 1.807) is 6.92 Å². The predicted molar refractivity (Wildman–Crippen MR) is 93.1 cm³/mol. The molecule has 0 saturated carbocycles. The fourth-order valence-electron chi connectivity index (χ4n) is 2.14. The molecule has 1 aromatic heterocycles. The van der Waals surface area contributed by atoms with Crippen LogP contribution >= 0.6 is 0 Å². The lowest BCUT2D eigenvalue weighted by Gasteiger charge is -2.24. The number of nitrogens with zero attached hydrogens (tertiary/aromatic N) is 2. The third kappa shape index (κ3) is 4.51. The van der Waals surface area contributed by atoms with Gasteiger partial charge < -0.3 is 26.3 Å². The summed E-state index contributed by atoms with van der Waals surface area (Å²) >= 11 is 0. The van der Waals surface area contributed by atoms with E-state index in [0.717, 1.165) is 0 Å². The van der Waals surface area contributed by atoms with Crippen LogP contribution in [0.25, 0.3) is 0 Å². The number of benzene rings is 1. The quantitative estimate of drug-likeness (QED) is 0.669. The molecule has 0 saturated heterocycles. The molecule has 1 heterocycles. The topological polar surface area (TPSA) is 119 Å². The summed E-state index contributed by atoms with van der Waals surface area (Å²) in [7, 11) is 0. The van der Waals surface area contributed by atoms with E-state index in [4.69, 9.17) is 20.9 Å². The molecule has 0 bridgehead atoms. The molecule has 0 spiro atoms. The monoisotopic (exact) mass is 327 g/mol. The van der Waals surface area contributed by atoms with Crippen molar-refractivity contribution in [2.45, 2.75) is 32.8 Å². The van der Waals surface area contributed by atoms with Crippen molar-refractivity contribution < 1.29 is 9.47 Å². The van der Waals surface area contributed by atoms with Crippen LogP contribution in [0.5, 0.6) is 5.75 Å². The Labute approximate surface area is 141 Å². The average molecular weight is 327 g/mol. The minimum Gasteiger partial charge on any atom is -0.465 e. The molecule has 1 aromatic carbocycles. The van der Waals surface area contributed by atoms with Crippen LogP contribution < -0.4 is 21.5 Å². The normalized spacial score (nSPS) is 12.9. The van der Waals surface area contributed by atoms with Gasteiger partial charge in [-0.05, 0) is 25.5 Å². The zero-order valence-corrected chi connectivity index (χ0v) is 13.7. The standard InChI is InChI=1S/C17H21N5O2/c1-3-16(24-11(2)23-12-7-5-4-6-8-12)22-17-13(10-18)14(19)9-15(20)21-17/h4-9,11,16H,3H2,1-2H3,(H5,19,20,21,22). The van der Waals surface area contributed by atoms with E-state index in [9.17, 15) is 5.26 Å². The van der Waals surface area contributed by atoms with Crippen molar-refractivity contribution in [3.8, 4) is 11.8 Å². The lowest BCUT2D eigenvalue weighted by molar-refractivity contribution is -0.0987. The van der Waals surface area contributed by atoms with Crippen LogP contribution in [0, 0.1) is 11.3 Å². The largest absolute Gasteiger partial charge is 0.465 e. The van der Waals surface area contributed by atoms with Gasteiger partial charge in [-0.25, -0.2) is 4.98 Å². The highest BCUT2D eigenvalue weighted by molar-refractivity contribution is 5.69. The van der Waals surface area contributed by atoms with Crippen LogP contribution in [-0.4, -0.2) is 17.5 Å². The van der Waals surface area contributed by atoms with Crippen molar-refractivity contribution in [2.75, 3.05) is 16.8 Å². The lowest BCUT2D eigenvalue weighted by Crippen LogP contribution is -2.30. The number of pyridine rings is 1. The first-order valence-electron chi connectivity index (χ1n) is 7.63. The highest BCUT2D eigenvalue weighted by Crippen LogP contribution is 2.23. The number of nitrogens with two attached hydrogens (primary N) is 2. The summed E-state index contributed by atoms with van der Waals surface area (Å²) in [5.41, 5.74) is 12.0. The second-order valence-corrected chi connectivity index (χ2v) is 5.15. The Balaban J connectivity index is 2.06. The third-order valence-electron chi connectivity index (χ3n) is 3.25. The van der Waals surface area contributed by atoms with Gasteiger partial charge in [0.1, 0.15) is 35.2 Å². The summed E-state index contributed by atoms with van der Waals surface area (Å²) in [6.07, 6.45) is -0.276. The van der Waals surface area contributed by atoms with Gasteiger partial charge in [-0.2, -0.15) is 5.26 Å². The summed E-state index contributed by atoms with van der Waals surface area (Å²) in [6.45, 7) is 3.73. The highest BCUT2D eigenvalue weighted by Gasteiger charge is 2.17. The average Bonchev–Trinajstić information content (AvgIpc) is 2.54. The maximum atomic E-state index is 9.24. The van der Waals surface area contributed by atoms with Crippen molar-refractivity contribution in [1.82, 2.24) is 4.98 Å². The van der Waals surface area contributed by atoms with Crippen molar-refractivity contribution >= 4 is 17.3 Å². The number of para-hydroxylation sites is 1. The van der Waals surface area contributed by atoms with Crippen LogP contribution in [0.2, 0.25) is 0 Å². The van der Waals surface area contributed by atoms with E-state index in [0.29, 0.717) is 18.0 Å². The molecule has 7 heteroatoms. The maximum absolute atomic E-state index is 9.24. The molecule has 24 heavy (non-hydrogen) atoms.